The molecule has 0 radical (unpaired) electrons. The average molecular weight is 722 g/mol. The molecule has 4 atom stereocenters. The standard InChI is InChI=1S/C29H30F6N6O9/c1-3-20-17(13-39-23(44)15(2)24(45)40-14-28(31,32)29(33,34)35)26(47)41(19-12-16(30)4-6-21(19)50-20)10-11-49-27(48)38-9-8-37-25(46)18(36)5-7-22(42)43/h1,4,6,12,15,17-18,20H,5,7-11,14,36H2,2H3,(H3-,37,38,40,42,43,45,46,48)/p+1/t15-,17?,18-,20+/m0/s1. The molecule has 21 heteroatoms. The molecule has 1 unspecified atom stereocenters. The van der Waals surface area contributed by atoms with Crippen LogP contribution in [0.1, 0.15) is 19.8 Å². The molecule has 0 aliphatic carbocycles. The van der Waals surface area contributed by atoms with Crippen LogP contribution in [-0.2, 0) is 28.7 Å². The van der Waals surface area contributed by atoms with Crippen molar-refractivity contribution in [1.29, 1.82) is 0 Å². The number of aliphatic carboxylic acids is 1. The number of halogens is 6. The summed E-state index contributed by atoms with van der Waals surface area (Å²) in [5, 5.41) is 14.6. The fraction of sp³-hybridized carbons (Fsp3) is 0.483. The lowest BCUT2D eigenvalue weighted by Gasteiger charge is -2.22. The Morgan fingerprint density at radius 1 is 1.12 bits per heavy atom. The number of fused-ring (bicyclic) bond motifs is 1. The molecule has 0 aromatic heterocycles. The molecule has 1 heterocycles. The molecule has 2 rings (SSSR count). The molecule has 15 nitrogen and oxygen atoms in total. The predicted octanol–water partition coefficient (Wildman–Crippen LogP) is 1.01. The third kappa shape index (κ3) is 11.5. The Bertz CT molecular complexity index is 1570. The van der Waals surface area contributed by atoms with Gasteiger partial charge in [-0.15, -0.1) is 6.42 Å². The van der Waals surface area contributed by atoms with Crippen LogP contribution in [0.4, 0.5) is 36.8 Å². The Balaban J connectivity index is 2.10. The van der Waals surface area contributed by atoms with Crippen LogP contribution in [0.3, 0.4) is 0 Å². The first kappa shape index (κ1) is 40.6. The first-order valence-electron chi connectivity index (χ1n) is 14.4. The molecule has 0 saturated heterocycles. The number of ether oxygens (including phenoxy) is 2. The van der Waals surface area contributed by atoms with E-state index in [0.29, 0.717) is 0 Å². The Morgan fingerprint density at radius 2 is 1.78 bits per heavy atom. The van der Waals surface area contributed by atoms with Crippen molar-refractivity contribution in [3.8, 4) is 24.2 Å². The number of carboxylic acids is 1. The van der Waals surface area contributed by atoms with E-state index in [9.17, 15) is 55.1 Å². The summed E-state index contributed by atoms with van der Waals surface area (Å²) in [6, 6.07) is 4.01. The minimum absolute atomic E-state index is 0.104. The number of amides is 5. The summed E-state index contributed by atoms with van der Waals surface area (Å²) in [6.45, 7) is -2.54. The van der Waals surface area contributed by atoms with Gasteiger partial charge in [0.1, 0.15) is 18.2 Å². The number of rotatable bonds is 14. The minimum Gasteiger partial charge on any atom is -0.481 e. The predicted molar refractivity (Wildman–Crippen MR) is 158 cm³/mol. The number of alkyl carbamates (subject to hydrolysis) is 1. The summed E-state index contributed by atoms with van der Waals surface area (Å²) in [5.41, 5.74) is 5.39. The summed E-state index contributed by atoms with van der Waals surface area (Å²) in [7, 11) is 0. The molecule has 1 aromatic rings. The van der Waals surface area contributed by atoms with Crippen LogP contribution in [0.5, 0.6) is 5.75 Å². The largest absolute Gasteiger partial charge is 0.527 e. The maximum Gasteiger partial charge on any atom is 0.527 e. The Morgan fingerprint density at radius 3 is 2.40 bits per heavy atom. The van der Waals surface area contributed by atoms with Crippen molar-refractivity contribution in [3.05, 3.63) is 28.9 Å². The summed E-state index contributed by atoms with van der Waals surface area (Å²) in [5.74, 6) is -13.5. The molecule has 272 valence electrons. The molecule has 5 amide bonds. The molecule has 0 bridgehead atoms. The van der Waals surface area contributed by atoms with Gasteiger partial charge in [0.05, 0.1) is 24.8 Å². The normalized spacial score (nSPS) is 16.9. The topological polar surface area (TPSA) is 211 Å². The smallest absolute Gasteiger partial charge is 0.481 e. The minimum atomic E-state index is -5.97. The number of nitrogens with one attached hydrogen (secondary N) is 3. The SMILES string of the molecule is C#C[C@H]1Oc2ccc(F)cc2N(CCOC(=O)NCCNC(=O)[C@@H](N)CCC(=O)O)C(=O)C1C#[N+]C(=O)[C@H](C)C(=O)NCC(F)(F)C(F)(F)F. The average Bonchev–Trinajstić information content (AvgIpc) is 3.15. The van der Waals surface area contributed by atoms with Crippen molar-refractivity contribution < 1.29 is 69.7 Å². The lowest BCUT2D eigenvalue weighted by atomic mass is 10.0. The Labute approximate surface area is 279 Å². The van der Waals surface area contributed by atoms with Crippen LogP contribution in [0.2, 0.25) is 0 Å². The van der Waals surface area contributed by atoms with Crippen molar-refractivity contribution in [2.75, 3.05) is 37.7 Å². The van der Waals surface area contributed by atoms with Gasteiger partial charge in [-0.3, -0.25) is 19.2 Å². The molecule has 1 aromatic carbocycles. The summed E-state index contributed by atoms with van der Waals surface area (Å²) in [4.78, 5) is 77.0. The highest BCUT2D eigenvalue weighted by Gasteiger charge is 2.57. The lowest BCUT2D eigenvalue weighted by Crippen LogP contribution is -2.48. The molecule has 50 heavy (non-hydrogen) atoms. The van der Waals surface area contributed by atoms with E-state index in [1.807, 2.05) is 0 Å². The van der Waals surface area contributed by atoms with E-state index >= 15 is 0 Å². The second kappa shape index (κ2) is 17.7. The van der Waals surface area contributed by atoms with Gasteiger partial charge < -0.3 is 41.2 Å². The number of anilines is 1. The maximum absolute atomic E-state index is 14.2. The fourth-order valence-corrected chi connectivity index (χ4v) is 3.87. The number of carboxylic acid groups (broad SMARTS) is 1. The zero-order valence-corrected chi connectivity index (χ0v) is 26.0. The van der Waals surface area contributed by atoms with E-state index in [0.717, 1.165) is 30.0 Å². The first-order chi connectivity index (χ1) is 23.3. The highest BCUT2D eigenvalue weighted by molar-refractivity contribution is 6.05. The van der Waals surface area contributed by atoms with Gasteiger partial charge in [0.25, 0.3) is 5.91 Å². The van der Waals surface area contributed by atoms with Crippen molar-refractivity contribution in [1.82, 2.24) is 16.0 Å². The van der Waals surface area contributed by atoms with Gasteiger partial charge in [-0.2, -0.15) is 26.7 Å². The number of nitrogens with zero attached hydrogens (tertiary/aromatic N) is 2. The molecular weight excluding hydrogens is 690 g/mol. The van der Waals surface area contributed by atoms with Gasteiger partial charge in [-0.1, -0.05) is 5.92 Å². The molecular formula is C29H31F6N6O9+. The third-order valence-corrected chi connectivity index (χ3v) is 6.69. The van der Waals surface area contributed by atoms with Crippen molar-refractivity contribution in [2.24, 2.45) is 17.6 Å². The van der Waals surface area contributed by atoms with Crippen LogP contribution < -0.4 is 31.3 Å². The number of benzene rings is 1. The number of alkyl halides is 5. The zero-order valence-electron chi connectivity index (χ0n) is 26.0. The van der Waals surface area contributed by atoms with E-state index in [2.05, 4.69) is 27.5 Å². The summed E-state index contributed by atoms with van der Waals surface area (Å²) < 4.78 is 88.3. The van der Waals surface area contributed by atoms with E-state index < -0.39 is 97.3 Å². The number of carbonyl (C=O) groups is 6. The highest BCUT2D eigenvalue weighted by atomic mass is 19.4. The zero-order chi connectivity index (χ0) is 37.8. The second-order valence-corrected chi connectivity index (χ2v) is 10.4. The molecule has 0 fully saturated rings. The molecule has 0 saturated carbocycles. The Kier molecular flexibility index (Phi) is 14.4. The monoisotopic (exact) mass is 721 g/mol. The molecule has 1 aliphatic heterocycles. The van der Waals surface area contributed by atoms with Gasteiger partial charge >= 0.3 is 36.1 Å². The number of terminal acetylenes is 1. The van der Waals surface area contributed by atoms with Crippen molar-refractivity contribution in [3.63, 3.8) is 0 Å². The van der Waals surface area contributed by atoms with Crippen LogP contribution in [0, 0.1) is 36.1 Å². The first-order valence-corrected chi connectivity index (χ1v) is 14.4. The van der Waals surface area contributed by atoms with E-state index in [1.54, 1.807) is 0 Å². The van der Waals surface area contributed by atoms with Crippen molar-refractivity contribution >= 4 is 41.4 Å². The van der Waals surface area contributed by atoms with Crippen LogP contribution in [0.25, 0.3) is 4.85 Å². The number of hydrogen-bond acceptors (Lipinski definition) is 9. The molecule has 6 N–H and O–H groups in total. The van der Waals surface area contributed by atoms with Gasteiger partial charge in [-0.05, 0) is 25.5 Å². The van der Waals surface area contributed by atoms with Crippen molar-refractivity contribution in [2.45, 2.75) is 44.0 Å². The number of hydrogen-bond donors (Lipinski definition) is 5. The number of nitrogens with two attached hydrogens (primary N) is 1. The van der Waals surface area contributed by atoms with E-state index in [-0.39, 0.29) is 37.4 Å². The van der Waals surface area contributed by atoms with Gasteiger partial charge in [0.2, 0.25) is 17.7 Å². The second-order valence-electron chi connectivity index (χ2n) is 10.4. The van der Waals surface area contributed by atoms with Gasteiger partial charge in [-0.25, -0.2) is 9.18 Å². The summed E-state index contributed by atoms with van der Waals surface area (Å²) in [6.07, 6.45) is -3.45. The lowest BCUT2D eigenvalue weighted by molar-refractivity contribution is -0.278. The highest BCUT2D eigenvalue weighted by Crippen LogP contribution is 2.36. The molecule has 1 aliphatic rings. The quantitative estimate of drug-likeness (QED) is 0.0797. The maximum atomic E-state index is 14.2. The van der Waals surface area contributed by atoms with Crippen LogP contribution >= 0.6 is 0 Å². The van der Waals surface area contributed by atoms with E-state index in [1.165, 1.54) is 5.32 Å². The third-order valence-electron chi connectivity index (χ3n) is 6.69. The Hall–Kier alpha value is -5.57. The fourth-order valence-electron chi connectivity index (χ4n) is 3.87. The van der Waals surface area contributed by atoms with Gasteiger partial charge in [0.15, 0.2) is 12.0 Å². The summed E-state index contributed by atoms with van der Waals surface area (Å²) >= 11 is 0. The van der Waals surface area contributed by atoms with Gasteiger partial charge in [0, 0.05) is 30.4 Å². The molecule has 0 spiro atoms. The van der Waals surface area contributed by atoms with E-state index in [4.69, 9.17) is 26.7 Å². The van der Waals surface area contributed by atoms with Crippen LogP contribution in [-0.4, -0.2) is 97.8 Å². The number of carbonyl (C=O) groups excluding carboxylic acids is 5. The van der Waals surface area contributed by atoms with Crippen LogP contribution in [0.15, 0.2) is 18.2 Å².